The molecule has 2 aliphatic carbocycles. The molecule has 0 saturated heterocycles. The van der Waals surface area contributed by atoms with E-state index >= 15 is 0 Å². The van der Waals surface area contributed by atoms with Gasteiger partial charge < -0.3 is 10.6 Å². The SMILES string of the molecule is O=C(NCC1(c2ccc(Cl)cc2)CC1)NC1CCCCCC1. The highest BCUT2D eigenvalue weighted by atomic mass is 35.5. The first-order chi connectivity index (χ1) is 10.7. The summed E-state index contributed by atoms with van der Waals surface area (Å²) in [5.41, 5.74) is 1.41. The topological polar surface area (TPSA) is 41.1 Å². The third-order valence-corrected chi connectivity index (χ3v) is 5.34. The molecule has 2 saturated carbocycles. The molecule has 2 amide bonds. The summed E-state index contributed by atoms with van der Waals surface area (Å²) in [6.45, 7) is 0.715. The maximum absolute atomic E-state index is 12.1. The molecule has 2 fully saturated rings. The molecule has 1 aromatic carbocycles. The number of nitrogens with one attached hydrogen (secondary N) is 2. The van der Waals surface area contributed by atoms with Crippen LogP contribution in [-0.2, 0) is 5.41 Å². The van der Waals surface area contributed by atoms with Gasteiger partial charge in [0.15, 0.2) is 0 Å². The second-order valence-corrected chi connectivity index (χ2v) is 7.24. The van der Waals surface area contributed by atoms with Crippen LogP contribution in [0.5, 0.6) is 0 Å². The van der Waals surface area contributed by atoms with E-state index < -0.39 is 0 Å². The monoisotopic (exact) mass is 320 g/mol. The number of hydrogen-bond donors (Lipinski definition) is 2. The Hall–Kier alpha value is -1.22. The lowest BCUT2D eigenvalue weighted by molar-refractivity contribution is 0.234. The molecule has 2 N–H and O–H groups in total. The van der Waals surface area contributed by atoms with E-state index in [1.807, 2.05) is 12.1 Å². The Labute approximate surface area is 137 Å². The van der Waals surface area contributed by atoms with Crippen molar-refractivity contribution in [1.82, 2.24) is 10.6 Å². The van der Waals surface area contributed by atoms with Gasteiger partial charge in [0.05, 0.1) is 0 Å². The van der Waals surface area contributed by atoms with Gasteiger partial charge in [-0.25, -0.2) is 4.79 Å². The largest absolute Gasteiger partial charge is 0.337 e. The number of carbonyl (C=O) groups is 1. The highest BCUT2D eigenvalue weighted by Crippen LogP contribution is 2.47. The first-order valence-corrected chi connectivity index (χ1v) is 8.86. The summed E-state index contributed by atoms with van der Waals surface area (Å²) < 4.78 is 0. The Kier molecular flexibility index (Phi) is 4.92. The van der Waals surface area contributed by atoms with Crippen molar-refractivity contribution in [3.05, 3.63) is 34.9 Å². The zero-order valence-electron chi connectivity index (χ0n) is 13.0. The Balaban J connectivity index is 1.49. The molecule has 0 aliphatic heterocycles. The van der Waals surface area contributed by atoms with Gasteiger partial charge in [0.25, 0.3) is 0 Å². The summed E-state index contributed by atoms with van der Waals surface area (Å²) in [7, 11) is 0. The molecule has 0 aromatic heterocycles. The lowest BCUT2D eigenvalue weighted by Gasteiger charge is -2.20. The molecule has 4 heteroatoms. The van der Waals surface area contributed by atoms with Crippen molar-refractivity contribution in [2.75, 3.05) is 6.54 Å². The number of hydrogen-bond acceptors (Lipinski definition) is 1. The van der Waals surface area contributed by atoms with E-state index in [-0.39, 0.29) is 11.4 Å². The van der Waals surface area contributed by atoms with Gasteiger partial charge in [-0.05, 0) is 43.4 Å². The zero-order chi connectivity index (χ0) is 15.4. The second kappa shape index (κ2) is 6.91. The van der Waals surface area contributed by atoms with Gasteiger partial charge in [0.1, 0.15) is 0 Å². The minimum atomic E-state index is -0.00728. The van der Waals surface area contributed by atoms with E-state index in [1.54, 1.807) is 0 Å². The molecular formula is C18H25ClN2O. The van der Waals surface area contributed by atoms with Crippen LogP contribution in [0.3, 0.4) is 0 Å². The Morgan fingerprint density at radius 1 is 1.09 bits per heavy atom. The fourth-order valence-corrected chi connectivity index (χ4v) is 3.56. The van der Waals surface area contributed by atoms with Crippen LogP contribution in [-0.4, -0.2) is 18.6 Å². The van der Waals surface area contributed by atoms with Crippen molar-refractivity contribution >= 4 is 17.6 Å². The van der Waals surface area contributed by atoms with Gasteiger partial charge in [-0.15, -0.1) is 0 Å². The van der Waals surface area contributed by atoms with Gasteiger partial charge in [-0.3, -0.25) is 0 Å². The molecule has 0 bridgehead atoms. The molecular weight excluding hydrogens is 296 g/mol. The number of carbonyl (C=O) groups excluding carboxylic acids is 1. The average Bonchev–Trinajstić information content (AvgIpc) is 3.31. The Morgan fingerprint density at radius 3 is 2.32 bits per heavy atom. The van der Waals surface area contributed by atoms with Crippen molar-refractivity contribution in [3.8, 4) is 0 Å². The van der Waals surface area contributed by atoms with Crippen LogP contribution in [0.2, 0.25) is 5.02 Å². The summed E-state index contributed by atoms with van der Waals surface area (Å²) in [4.78, 5) is 12.1. The summed E-state index contributed by atoms with van der Waals surface area (Å²) in [5, 5.41) is 6.99. The van der Waals surface area contributed by atoms with Crippen LogP contribution in [0, 0.1) is 0 Å². The van der Waals surface area contributed by atoms with E-state index in [2.05, 4.69) is 22.8 Å². The molecule has 0 unspecified atom stereocenters. The highest BCUT2D eigenvalue weighted by Gasteiger charge is 2.44. The third kappa shape index (κ3) is 3.95. The van der Waals surface area contributed by atoms with Gasteiger partial charge >= 0.3 is 6.03 Å². The quantitative estimate of drug-likeness (QED) is 0.793. The third-order valence-electron chi connectivity index (χ3n) is 5.09. The van der Waals surface area contributed by atoms with Crippen molar-refractivity contribution in [2.45, 2.75) is 62.8 Å². The standard InChI is InChI=1S/C18H25ClN2O/c19-15-9-7-14(8-10-15)18(11-12-18)13-20-17(22)21-16-5-3-1-2-4-6-16/h7-10,16H,1-6,11-13H2,(H2,20,21,22). The predicted molar refractivity (Wildman–Crippen MR) is 90.4 cm³/mol. The second-order valence-electron chi connectivity index (χ2n) is 6.80. The van der Waals surface area contributed by atoms with Crippen LogP contribution >= 0.6 is 11.6 Å². The highest BCUT2D eigenvalue weighted by molar-refractivity contribution is 6.30. The van der Waals surface area contributed by atoms with Crippen molar-refractivity contribution in [2.24, 2.45) is 0 Å². The normalized spacial score (nSPS) is 21.0. The number of amides is 2. The zero-order valence-corrected chi connectivity index (χ0v) is 13.8. The van der Waals surface area contributed by atoms with Gasteiger partial charge in [-0.1, -0.05) is 49.4 Å². The fourth-order valence-electron chi connectivity index (χ4n) is 3.43. The molecule has 0 spiro atoms. The molecule has 120 valence electrons. The minimum absolute atomic E-state index is 0.00728. The number of urea groups is 1. The summed E-state index contributed by atoms with van der Waals surface area (Å²) in [6.07, 6.45) is 9.60. The minimum Gasteiger partial charge on any atom is -0.337 e. The van der Waals surface area contributed by atoms with Crippen molar-refractivity contribution < 1.29 is 4.79 Å². The number of benzene rings is 1. The van der Waals surface area contributed by atoms with Crippen LogP contribution in [0.1, 0.15) is 56.9 Å². The van der Waals surface area contributed by atoms with E-state index in [1.165, 1.54) is 31.2 Å². The van der Waals surface area contributed by atoms with Gasteiger partial charge in [-0.2, -0.15) is 0 Å². The molecule has 1 aromatic rings. The molecule has 22 heavy (non-hydrogen) atoms. The summed E-state index contributed by atoms with van der Waals surface area (Å²) >= 11 is 5.95. The van der Waals surface area contributed by atoms with Crippen molar-refractivity contribution in [1.29, 1.82) is 0 Å². The molecule has 3 nitrogen and oxygen atoms in total. The molecule has 3 rings (SSSR count). The lowest BCUT2D eigenvalue weighted by Crippen LogP contribution is -2.44. The van der Waals surface area contributed by atoms with E-state index in [4.69, 9.17) is 11.6 Å². The van der Waals surface area contributed by atoms with Crippen molar-refractivity contribution in [3.63, 3.8) is 0 Å². The maximum atomic E-state index is 12.1. The van der Waals surface area contributed by atoms with Crippen LogP contribution in [0.4, 0.5) is 4.79 Å². The smallest absolute Gasteiger partial charge is 0.315 e. The Morgan fingerprint density at radius 2 is 1.73 bits per heavy atom. The van der Waals surface area contributed by atoms with Crippen LogP contribution in [0.25, 0.3) is 0 Å². The average molecular weight is 321 g/mol. The molecule has 0 radical (unpaired) electrons. The van der Waals surface area contributed by atoms with E-state index in [0.29, 0.717) is 12.6 Å². The van der Waals surface area contributed by atoms with Crippen LogP contribution in [0.15, 0.2) is 24.3 Å². The Bertz CT molecular complexity index is 502. The molecule has 2 aliphatic rings. The summed E-state index contributed by atoms with van der Waals surface area (Å²) in [5.74, 6) is 0. The fraction of sp³-hybridized carbons (Fsp3) is 0.611. The predicted octanol–water partition coefficient (Wildman–Crippen LogP) is 4.39. The molecule has 0 heterocycles. The molecule has 0 atom stereocenters. The van der Waals surface area contributed by atoms with E-state index in [0.717, 1.165) is 30.7 Å². The number of rotatable bonds is 4. The van der Waals surface area contributed by atoms with Gasteiger partial charge in [0, 0.05) is 23.0 Å². The first-order valence-electron chi connectivity index (χ1n) is 8.48. The number of halogens is 1. The summed E-state index contributed by atoms with van der Waals surface area (Å²) in [6, 6.07) is 8.38. The lowest BCUT2D eigenvalue weighted by atomic mass is 9.96. The van der Waals surface area contributed by atoms with Crippen LogP contribution < -0.4 is 10.6 Å². The van der Waals surface area contributed by atoms with E-state index in [9.17, 15) is 4.79 Å². The van der Waals surface area contributed by atoms with Gasteiger partial charge in [0.2, 0.25) is 0 Å². The first kappa shape index (κ1) is 15.7. The maximum Gasteiger partial charge on any atom is 0.315 e.